The molecule has 1 atom stereocenters. The first-order valence-electron chi connectivity index (χ1n) is 7.33. The van der Waals surface area contributed by atoms with E-state index in [2.05, 4.69) is 5.32 Å². The molecule has 1 unspecified atom stereocenters. The highest BCUT2D eigenvalue weighted by atomic mass is 32.2. The quantitative estimate of drug-likeness (QED) is 0.913. The minimum atomic E-state index is -3.57. The number of rotatable bonds is 4. The highest BCUT2D eigenvalue weighted by Gasteiger charge is 2.29. The number of sulfonamides is 1. The Labute approximate surface area is 131 Å². The molecule has 1 aromatic rings. The van der Waals surface area contributed by atoms with Gasteiger partial charge in [0.05, 0.1) is 17.6 Å². The number of carbonyl (C=O) groups excluding carboxylic acids is 1. The molecule has 6 nitrogen and oxygen atoms in total. The lowest BCUT2D eigenvalue weighted by atomic mass is 10.2. The smallest absolute Gasteiger partial charge is 0.243 e. The van der Waals surface area contributed by atoms with Crippen LogP contribution in [0, 0.1) is 5.92 Å². The molecule has 0 saturated carbocycles. The van der Waals surface area contributed by atoms with E-state index in [0.29, 0.717) is 25.4 Å². The first-order chi connectivity index (χ1) is 10.3. The Kier molecular flexibility index (Phi) is 5.20. The van der Waals surface area contributed by atoms with Crippen LogP contribution in [0.1, 0.15) is 20.8 Å². The van der Waals surface area contributed by atoms with Gasteiger partial charge in [-0.05, 0) is 25.1 Å². The summed E-state index contributed by atoms with van der Waals surface area (Å²) in [6.07, 6.45) is -0.118. The maximum atomic E-state index is 12.7. The molecule has 0 aliphatic carbocycles. The summed E-state index contributed by atoms with van der Waals surface area (Å²) < 4.78 is 32.1. The number of nitrogens with one attached hydrogen (secondary N) is 1. The van der Waals surface area contributed by atoms with E-state index in [0.717, 1.165) is 0 Å². The number of amides is 1. The fraction of sp³-hybridized carbons (Fsp3) is 0.533. The average molecular weight is 326 g/mol. The number of benzene rings is 1. The van der Waals surface area contributed by atoms with Crippen LogP contribution in [0.15, 0.2) is 29.2 Å². The average Bonchev–Trinajstić information content (AvgIpc) is 2.47. The molecule has 7 heteroatoms. The third kappa shape index (κ3) is 3.85. The van der Waals surface area contributed by atoms with Crippen molar-refractivity contribution in [2.24, 2.45) is 5.92 Å². The summed E-state index contributed by atoms with van der Waals surface area (Å²) >= 11 is 0. The topological polar surface area (TPSA) is 75.7 Å². The Morgan fingerprint density at radius 3 is 2.77 bits per heavy atom. The van der Waals surface area contributed by atoms with E-state index >= 15 is 0 Å². The zero-order chi connectivity index (χ0) is 16.3. The Hall–Kier alpha value is -1.44. The van der Waals surface area contributed by atoms with E-state index < -0.39 is 10.0 Å². The minimum Gasteiger partial charge on any atom is -0.376 e. The first kappa shape index (κ1) is 16.9. The van der Waals surface area contributed by atoms with Crippen LogP contribution < -0.4 is 5.32 Å². The number of ether oxygens (including phenoxy) is 1. The molecular formula is C15H22N2O4S. The summed E-state index contributed by atoms with van der Waals surface area (Å²) in [4.78, 5) is 11.9. The van der Waals surface area contributed by atoms with Crippen molar-refractivity contribution in [3.05, 3.63) is 24.3 Å². The van der Waals surface area contributed by atoms with Gasteiger partial charge in [0.2, 0.25) is 15.9 Å². The molecule has 122 valence electrons. The molecular weight excluding hydrogens is 304 g/mol. The molecule has 1 amide bonds. The van der Waals surface area contributed by atoms with Gasteiger partial charge in [0.25, 0.3) is 0 Å². The van der Waals surface area contributed by atoms with Crippen LogP contribution >= 0.6 is 0 Å². The molecule has 1 aromatic carbocycles. The largest absolute Gasteiger partial charge is 0.376 e. The van der Waals surface area contributed by atoms with Crippen LogP contribution in [0.5, 0.6) is 0 Å². The summed E-state index contributed by atoms with van der Waals surface area (Å²) in [6.45, 7) is 6.49. The number of hydrogen-bond acceptors (Lipinski definition) is 4. The third-order valence-electron chi connectivity index (χ3n) is 3.47. The van der Waals surface area contributed by atoms with E-state index in [-0.39, 0.29) is 22.8 Å². The molecule has 2 rings (SSSR count). The van der Waals surface area contributed by atoms with Gasteiger partial charge in [0.15, 0.2) is 0 Å². The van der Waals surface area contributed by atoms with Gasteiger partial charge in [0.1, 0.15) is 0 Å². The lowest BCUT2D eigenvalue weighted by Gasteiger charge is -2.30. The van der Waals surface area contributed by atoms with Gasteiger partial charge >= 0.3 is 0 Å². The number of carbonyl (C=O) groups is 1. The van der Waals surface area contributed by atoms with Crippen LogP contribution in [-0.4, -0.2) is 44.4 Å². The van der Waals surface area contributed by atoms with Crippen molar-refractivity contribution in [1.82, 2.24) is 4.31 Å². The molecule has 1 N–H and O–H groups in total. The van der Waals surface area contributed by atoms with Gasteiger partial charge in [-0.15, -0.1) is 0 Å². The standard InChI is InChI=1S/C15H22N2O4S/c1-11(2)15(18)16-13-5-4-6-14(9-13)22(19,20)17-7-8-21-12(3)10-17/h4-6,9,11-12H,7-8,10H2,1-3H3,(H,16,18). The van der Waals surface area contributed by atoms with Crippen molar-refractivity contribution in [3.8, 4) is 0 Å². The van der Waals surface area contributed by atoms with Gasteiger partial charge in [-0.25, -0.2) is 8.42 Å². The van der Waals surface area contributed by atoms with Crippen LogP contribution in [0.25, 0.3) is 0 Å². The van der Waals surface area contributed by atoms with E-state index in [4.69, 9.17) is 4.74 Å². The Morgan fingerprint density at radius 2 is 2.14 bits per heavy atom. The fourth-order valence-corrected chi connectivity index (χ4v) is 3.72. The van der Waals surface area contributed by atoms with Crippen molar-refractivity contribution < 1.29 is 17.9 Å². The zero-order valence-corrected chi connectivity index (χ0v) is 13.9. The molecule has 0 radical (unpaired) electrons. The summed E-state index contributed by atoms with van der Waals surface area (Å²) in [5.74, 6) is -0.310. The molecule has 0 bridgehead atoms. The Bertz CT molecular complexity index is 643. The molecule has 1 heterocycles. The number of nitrogens with zero attached hydrogens (tertiary/aromatic N) is 1. The predicted molar refractivity (Wildman–Crippen MR) is 84.1 cm³/mol. The summed E-state index contributed by atoms with van der Waals surface area (Å²) in [5.41, 5.74) is 0.487. The van der Waals surface area contributed by atoms with Crippen LogP contribution in [0.4, 0.5) is 5.69 Å². The third-order valence-corrected chi connectivity index (χ3v) is 5.33. The lowest BCUT2D eigenvalue weighted by molar-refractivity contribution is -0.118. The van der Waals surface area contributed by atoms with Gasteiger partial charge in [-0.1, -0.05) is 19.9 Å². The second-order valence-corrected chi connectivity index (χ2v) is 7.65. The van der Waals surface area contributed by atoms with Crippen molar-refractivity contribution in [2.45, 2.75) is 31.8 Å². The summed E-state index contributed by atoms with van der Waals surface area (Å²) in [6, 6.07) is 6.35. The normalized spacial score (nSPS) is 20.1. The minimum absolute atomic E-state index is 0.118. The SMILES string of the molecule is CC1CN(S(=O)(=O)c2cccc(NC(=O)C(C)C)c2)CCO1. The molecule has 1 aliphatic rings. The summed E-state index contributed by atoms with van der Waals surface area (Å²) in [5, 5.41) is 2.72. The first-order valence-corrected chi connectivity index (χ1v) is 8.77. The van der Waals surface area contributed by atoms with Crippen molar-refractivity contribution in [1.29, 1.82) is 0 Å². The van der Waals surface area contributed by atoms with Crippen LogP contribution in [0.3, 0.4) is 0 Å². The van der Waals surface area contributed by atoms with Gasteiger partial charge < -0.3 is 10.1 Å². The van der Waals surface area contributed by atoms with Crippen LogP contribution in [0.2, 0.25) is 0 Å². The highest BCUT2D eigenvalue weighted by Crippen LogP contribution is 2.22. The van der Waals surface area contributed by atoms with Gasteiger partial charge in [-0.3, -0.25) is 4.79 Å². The van der Waals surface area contributed by atoms with Crippen molar-refractivity contribution in [2.75, 3.05) is 25.0 Å². The molecule has 0 aromatic heterocycles. The zero-order valence-electron chi connectivity index (χ0n) is 13.1. The van der Waals surface area contributed by atoms with Gasteiger partial charge in [0, 0.05) is 24.7 Å². The van der Waals surface area contributed by atoms with E-state index in [1.807, 2.05) is 6.92 Å². The Balaban J connectivity index is 2.22. The summed E-state index contributed by atoms with van der Waals surface area (Å²) in [7, 11) is -3.57. The maximum absolute atomic E-state index is 12.7. The van der Waals surface area contributed by atoms with E-state index in [1.54, 1.807) is 32.0 Å². The number of hydrogen-bond donors (Lipinski definition) is 1. The second-order valence-electron chi connectivity index (χ2n) is 5.72. The Morgan fingerprint density at radius 1 is 1.41 bits per heavy atom. The molecule has 1 fully saturated rings. The number of anilines is 1. The van der Waals surface area contributed by atoms with Crippen LogP contribution in [-0.2, 0) is 19.6 Å². The van der Waals surface area contributed by atoms with Crippen molar-refractivity contribution >= 4 is 21.6 Å². The monoisotopic (exact) mass is 326 g/mol. The predicted octanol–water partition coefficient (Wildman–Crippen LogP) is 1.69. The maximum Gasteiger partial charge on any atom is 0.243 e. The lowest BCUT2D eigenvalue weighted by Crippen LogP contribution is -2.44. The molecule has 22 heavy (non-hydrogen) atoms. The fourth-order valence-electron chi connectivity index (χ4n) is 2.17. The second kappa shape index (κ2) is 6.76. The van der Waals surface area contributed by atoms with E-state index in [1.165, 1.54) is 10.4 Å². The van der Waals surface area contributed by atoms with Crippen molar-refractivity contribution in [3.63, 3.8) is 0 Å². The molecule has 1 aliphatic heterocycles. The number of morpholine rings is 1. The highest BCUT2D eigenvalue weighted by molar-refractivity contribution is 7.89. The van der Waals surface area contributed by atoms with Gasteiger partial charge in [-0.2, -0.15) is 4.31 Å². The molecule has 0 spiro atoms. The van der Waals surface area contributed by atoms with E-state index in [9.17, 15) is 13.2 Å². The molecule has 1 saturated heterocycles.